The monoisotopic (exact) mass is 321 g/mol. The van der Waals surface area contributed by atoms with Crippen LogP contribution in [0.5, 0.6) is 0 Å². The number of ketones is 1. The molecule has 2 N–H and O–H groups in total. The highest BCUT2D eigenvalue weighted by Crippen LogP contribution is 2.17. The van der Waals surface area contributed by atoms with Crippen LogP contribution in [0.1, 0.15) is 11.1 Å². The molecule has 0 unspecified atom stereocenters. The first-order valence-electron chi connectivity index (χ1n) is 5.84. The molecule has 19 heavy (non-hydrogen) atoms. The minimum atomic E-state index is -0.324. The molecule has 0 aliphatic heterocycles. The fourth-order valence-corrected chi connectivity index (χ4v) is 2.23. The molecule has 0 bridgehead atoms. The van der Waals surface area contributed by atoms with E-state index >= 15 is 0 Å². The third kappa shape index (κ3) is 3.89. The number of carbonyl (C=O) groups excluding carboxylic acids is 1. The maximum absolute atomic E-state index is 13.1. The molecule has 0 spiro atoms. The summed E-state index contributed by atoms with van der Waals surface area (Å²) in [5.74, 6) is -0.238. The van der Waals surface area contributed by atoms with Crippen molar-refractivity contribution in [3.63, 3.8) is 0 Å². The third-order valence-corrected chi connectivity index (χ3v) is 3.37. The van der Waals surface area contributed by atoms with Crippen LogP contribution in [-0.4, -0.2) is 5.78 Å². The molecule has 0 aliphatic rings. The number of carbonyl (C=O) groups is 1. The van der Waals surface area contributed by atoms with E-state index in [1.54, 1.807) is 24.3 Å². The van der Waals surface area contributed by atoms with E-state index < -0.39 is 0 Å². The van der Waals surface area contributed by atoms with Gasteiger partial charge in [-0.2, -0.15) is 0 Å². The second-order valence-corrected chi connectivity index (χ2v) is 5.24. The number of hydrogen-bond donors (Lipinski definition) is 1. The Balaban J connectivity index is 2.01. The lowest BCUT2D eigenvalue weighted by Crippen LogP contribution is -2.06. The molecule has 0 aromatic heterocycles. The number of hydrogen-bond acceptors (Lipinski definition) is 2. The second-order valence-electron chi connectivity index (χ2n) is 4.38. The van der Waals surface area contributed by atoms with E-state index in [0.717, 1.165) is 11.1 Å². The van der Waals surface area contributed by atoms with Crippen molar-refractivity contribution in [2.45, 2.75) is 12.8 Å². The highest BCUT2D eigenvalue weighted by atomic mass is 79.9. The van der Waals surface area contributed by atoms with Gasteiger partial charge in [-0.15, -0.1) is 0 Å². The lowest BCUT2D eigenvalue weighted by molar-refractivity contribution is -0.117. The largest absolute Gasteiger partial charge is 0.399 e. The van der Waals surface area contributed by atoms with Crippen LogP contribution in [0.15, 0.2) is 46.9 Å². The van der Waals surface area contributed by atoms with E-state index in [9.17, 15) is 9.18 Å². The quantitative estimate of drug-likeness (QED) is 0.875. The van der Waals surface area contributed by atoms with Gasteiger partial charge in [-0.25, -0.2) is 4.39 Å². The number of nitrogens with two attached hydrogens (primary N) is 1. The van der Waals surface area contributed by atoms with Crippen molar-refractivity contribution in [3.8, 4) is 0 Å². The minimum absolute atomic E-state index is 0.0864. The lowest BCUT2D eigenvalue weighted by Gasteiger charge is -2.04. The molecule has 4 heteroatoms. The summed E-state index contributed by atoms with van der Waals surface area (Å²) in [5.41, 5.74) is 8.00. The average Bonchev–Trinajstić information content (AvgIpc) is 2.37. The van der Waals surface area contributed by atoms with E-state index in [1.165, 1.54) is 6.07 Å². The van der Waals surface area contributed by atoms with E-state index in [0.29, 0.717) is 23.0 Å². The lowest BCUT2D eigenvalue weighted by atomic mass is 10.0. The Morgan fingerprint density at radius 1 is 1.05 bits per heavy atom. The second kappa shape index (κ2) is 5.97. The highest BCUT2D eigenvalue weighted by molar-refractivity contribution is 9.10. The smallest absolute Gasteiger partial charge is 0.141 e. The molecule has 2 rings (SSSR count). The number of anilines is 1. The Labute approximate surface area is 119 Å². The van der Waals surface area contributed by atoms with Crippen molar-refractivity contribution < 1.29 is 9.18 Å². The van der Waals surface area contributed by atoms with Crippen molar-refractivity contribution in [1.29, 1.82) is 0 Å². The number of benzene rings is 2. The summed E-state index contributed by atoms with van der Waals surface area (Å²) in [6.45, 7) is 0. The van der Waals surface area contributed by atoms with E-state index in [4.69, 9.17) is 5.73 Å². The van der Waals surface area contributed by atoms with Crippen LogP contribution in [0, 0.1) is 5.82 Å². The summed E-state index contributed by atoms with van der Waals surface area (Å²) in [4.78, 5) is 11.9. The molecule has 0 fully saturated rings. The zero-order valence-electron chi connectivity index (χ0n) is 10.2. The van der Waals surface area contributed by atoms with E-state index in [1.807, 2.05) is 12.1 Å². The van der Waals surface area contributed by atoms with Crippen LogP contribution in [0.2, 0.25) is 0 Å². The van der Waals surface area contributed by atoms with Gasteiger partial charge in [0.2, 0.25) is 0 Å². The fourth-order valence-electron chi connectivity index (χ4n) is 1.80. The van der Waals surface area contributed by atoms with Gasteiger partial charge in [0.05, 0.1) is 4.47 Å². The average molecular weight is 322 g/mol. The molecule has 0 saturated carbocycles. The molecular formula is C15H13BrFNO. The summed E-state index contributed by atoms with van der Waals surface area (Å²) < 4.78 is 13.5. The SMILES string of the molecule is Nc1ccc(CC(=O)Cc2ccc(F)c(Br)c2)cc1. The van der Waals surface area contributed by atoms with E-state index in [-0.39, 0.29) is 11.6 Å². The first kappa shape index (κ1) is 13.7. The van der Waals surface area contributed by atoms with Crippen molar-refractivity contribution in [1.82, 2.24) is 0 Å². The van der Waals surface area contributed by atoms with Gasteiger partial charge in [0.1, 0.15) is 11.6 Å². The van der Waals surface area contributed by atoms with Gasteiger partial charge in [0.25, 0.3) is 0 Å². The third-order valence-electron chi connectivity index (χ3n) is 2.77. The Morgan fingerprint density at radius 2 is 1.63 bits per heavy atom. The molecule has 0 radical (unpaired) electrons. The topological polar surface area (TPSA) is 43.1 Å². The minimum Gasteiger partial charge on any atom is -0.399 e. The standard InChI is InChI=1S/C15H13BrFNO/c16-14-9-11(3-6-15(14)17)8-13(19)7-10-1-4-12(18)5-2-10/h1-6,9H,7-8,18H2. The normalized spacial score (nSPS) is 10.4. The predicted molar refractivity (Wildman–Crippen MR) is 77.4 cm³/mol. The Hall–Kier alpha value is -1.68. The van der Waals surface area contributed by atoms with Crippen LogP contribution in [-0.2, 0) is 17.6 Å². The molecule has 0 saturated heterocycles. The summed E-state index contributed by atoms with van der Waals surface area (Å²) >= 11 is 3.11. The number of Topliss-reactive ketones (excluding diaryl/α,β-unsaturated/α-hetero) is 1. The molecule has 2 aromatic carbocycles. The zero-order valence-corrected chi connectivity index (χ0v) is 11.8. The van der Waals surface area contributed by atoms with Crippen molar-refractivity contribution in [3.05, 3.63) is 63.9 Å². The Morgan fingerprint density at radius 3 is 2.26 bits per heavy atom. The number of nitrogen functional groups attached to an aromatic ring is 1. The highest BCUT2D eigenvalue weighted by Gasteiger charge is 2.07. The predicted octanol–water partition coefficient (Wildman–Crippen LogP) is 3.52. The van der Waals surface area contributed by atoms with E-state index in [2.05, 4.69) is 15.9 Å². The maximum Gasteiger partial charge on any atom is 0.141 e. The molecule has 0 amide bonds. The van der Waals surface area contributed by atoms with Crippen LogP contribution < -0.4 is 5.73 Å². The first-order valence-corrected chi connectivity index (χ1v) is 6.64. The summed E-state index contributed by atoms with van der Waals surface area (Å²) in [5, 5.41) is 0. The van der Waals surface area contributed by atoms with Crippen LogP contribution in [0.4, 0.5) is 10.1 Å². The number of rotatable bonds is 4. The van der Waals surface area contributed by atoms with Gasteiger partial charge in [0.15, 0.2) is 0 Å². The van der Waals surface area contributed by atoms with Crippen molar-refractivity contribution >= 4 is 27.4 Å². The molecule has 2 aromatic rings. The molecule has 0 atom stereocenters. The van der Waals surface area contributed by atoms with Gasteiger partial charge in [-0.3, -0.25) is 4.79 Å². The fraction of sp³-hybridized carbons (Fsp3) is 0.133. The number of halogens is 2. The van der Waals surface area contributed by atoms with Crippen molar-refractivity contribution in [2.75, 3.05) is 5.73 Å². The van der Waals surface area contributed by atoms with Gasteiger partial charge < -0.3 is 5.73 Å². The Bertz CT molecular complexity index is 596. The summed E-state index contributed by atoms with van der Waals surface area (Å²) in [7, 11) is 0. The van der Waals surface area contributed by atoms with Gasteiger partial charge in [0, 0.05) is 18.5 Å². The molecule has 98 valence electrons. The van der Waals surface area contributed by atoms with Crippen LogP contribution in [0.3, 0.4) is 0 Å². The summed E-state index contributed by atoms with van der Waals surface area (Å²) in [6, 6.07) is 11.9. The first-order chi connectivity index (χ1) is 9.04. The Kier molecular flexibility index (Phi) is 4.32. The molecular weight excluding hydrogens is 309 g/mol. The zero-order chi connectivity index (χ0) is 13.8. The van der Waals surface area contributed by atoms with Gasteiger partial charge >= 0.3 is 0 Å². The van der Waals surface area contributed by atoms with Gasteiger partial charge in [-0.05, 0) is 51.3 Å². The molecule has 2 nitrogen and oxygen atoms in total. The van der Waals surface area contributed by atoms with Crippen LogP contribution >= 0.6 is 15.9 Å². The van der Waals surface area contributed by atoms with Gasteiger partial charge in [-0.1, -0.05) is 18.2 Å². The molecule has 0 heterocycles. The van der Waals surface area contributed by atoms with Crippen LogP contribution in [0.25, 0.3) is 0 Å². The summed E-state index contributed by atoms with van der Waals surface area (Å²) in [6.07, 6.45) is 0.651. The molecule has 0 aliphatic carbocycles. The maximum atomic E-state index is 13.1. The van der Waals surface area contributed by atoms with Crippen molar-refractivity contribution in [2.24, 2.45) is 0 Å².